The summed E-state index contributed by atoms with van der Waals surface area (Å²) in [5, 5.41) is 7.03. The van der Waals surface area contributed by atoms with Crippen molar-refractivity contribution in [2.24, 2.45) is 0 Å². The van der Waals surface area contributed by atoms with Crippen LogP contribution in [0.5, 0.6) is 0 Å². The van der Waals surface area contributed by atoms with Gasteiger partial charge >= 0.3 is 0 Å². The average Bonchev–Trinajstić information content (AvgIpc) is 2.51. The van der Waals surface area contributed by atoms with Gasteiger partial charge in [0.15, 0.2) is 5.82 Å². The van der Waals surface area contributed by atoms with Gasteiger partial charge in [-0.25, -0.2) is 0 Å². The van der Waals surface area contributed by atoms with Crippen LogP contribution in [0.2, 0.25) is 5.02 Å². The molecule has 2 aromatic rings. The molecule has 1 aromatic heterocycles. The Kier molecular flexibility index (Phi) is 2.43. The second-order valence-electron chi connectivity index (χ2n) is 2.64. The van der Waals surface area contributed by atoms with E-state index in [0.717, 1.165) is 10.0 Å². The lowest BCUT2D eigenvalue weighted by atomic mass is 10.2. The van der Waals surface area contributed by atoms with Gasteiger partial charge in [-0.3, -0.25) is 5.10 Å². The molecule has 0 radical (unpaired) electrons. The molecule has 0 fully saturated rings. The highest BCUT2D eigenvalue weighted by molar-refractivity contribution is 9.10. The van der Waals surface area contributed by atoms with Crippen molar-refractivity contribution < 1.29 is 0 Å². The average molecular weight is 274 g/mol. The third-order valence-electron chi connectivity index (χ3n) is 1.70. The van der Waals surface area contributed by atoms with E-state index in [2.05, 4.69) is 31.1 Å². The Morgan fingerprint density at radius 1 is 1.43 bits per heavy atom. The summed E-state index contributed by atoms with van der Waals surface area (Å²) < 4.78 is 0.848. The second kappa shape index (κ2) is 3.59. The van der Waals surface area contributed by atoms with Crippen LogP contribution >= 0.6 is 27.5 Å². The van der Waals surface area contributed by atoms with E-state index in [4.69, 9.17) is 17.3 Å². The van der Waals surface area contributed by atoms with Crippen LogP contribution in [0, 0.1) is 0 Å². The Bertz CT molecular complexity index is 448. The number of nitrogens with zero attached hydrogens (tertiary/aromatic N) is 2. The van der Waals surface area contributed by atoms with E-state index in [9.17, 15) is 0 Å². The van der Waals surface area contributed by atoms with E-state index >= 15 is 0 Å². The number of hydrogen-bond acceptors (Lipinski definition) is 3. The summed E-state index contributed by atoms with van der Waals surface area (Å²) in [6.07, 6.45) is 0. The number of H-pyrrole nitrogens is 1. The van der Waals surface area contributed by atoms with Gasteiger partial charge in [0.2, 0.25) is 5.95 Å². The Hall–Kier alpha value is -1.07. The highest BCUT2D eigenvalue weighted by Crippen LogP contribution is 2.32. The Balaban J connectivity index is 2.61. The van der Waals surface area contributed by atoms with Gasteiger partial charge in [0.05, 0.1) is 10.6 Å². The van der Waals surface area contributed by atoms with Gasteiger partial charge in [-0.05, 0) is 28.1 Å². The molecule has 0 spiro atoms. The number of aromatic amines is 1. The van der Waals surface area contributed by atoms with E-state index in [0.29, 0.717) is 10.8 Å². The zero-order valence-corrected chi connectivity index (χ0v) is 9.30. The highest BCUT2D eigenvalue weighted by atomic mass is 79.9. The molecule has 14 heavy (non-hydrogen) atoms. The predicted molar refractivity (Wildman–Crippen MR) is 58.9 cm³/mol. The Labute approximate surface area is 93.6 Å². The smallest absolute Gasteiger partial charge is 0.239 e. The number of halogens is 2. The van der Waals surface area contributed by atoms with Crippen molar-refractivity contribution in [2.45, 2.75) is 0 Å². The molecule has 0 amide bonds. The van der Waals surface area contributed by atoms with Crippen LogP contribution in [-0.4, -0.2) is 15.2 Å². The Morgan fingerprint density at radius 3 is 2.79 bits per heavy atom. The summed E-state index contributed by atoms with van der Waals surface area (Å²) in [5.74, 6) is 0.756. The number of hydrogen-bond donors (Lipinski definition) is 2. The summed E-state index contributed by atoms with van der Waals surface area (Å²) in [5.41, 5.74) is 6.17. The molecule has 0 saturated heterocycles. The molecule has 2 rings (SSSR count). The molecule has 6 heteroatoms. The monoisotopic (exact) mass is 272 g/mol. The van der Waals surface area contributed by atoms with E-state index < -0.39 is 0 Å². The summed E-state index contributed by atoms with van der Waals surface area (Å²) in [6, 6.07) is 5.50. The van der Waals surface area contributed by atoms with E-state index in [1.54, 1.807) is 6.07 Å². The molecule has 0 aliphatic rings. The zero-order chi connectivity index (χ0) is 10.1. The lowest BCUT2D eigenvalue weighted by molar-refractivity contribution is 1.10. The molecule has 1 heterocycles. The lowest BCUT2D eigenvalue weighted by Crippen LogP contribution is -1.86. The molecule has 72 valence electrons. The van der Waals surface area contributed by atoms with Crippen molar-refractivity contribution in [3.8, 4) is 11.4 Å². The normalized spacial score (nSPS) is 10.4. The summed E-state index contributed by atoms with van der Waals surface area (Å²) >= 11 is 9.39. The first kappa shape index (κ1) is 9.48. The van der Waals surface area contributed by atoms with Crippen molar-refractivity contribution in [2.75, 3.05) is 5.73 Å². The van der Waals surface area contributed by atoms with Crippen molar-refractivity contribution in [1.29, 1.82) is 0 Å². The zero-order valence-electron chi connectivity index (χ0n) is 6.96. The van der Waals surface area contributed by atoms with Crippen LogP contribution in [0.3, 0.4) is 0 Å². The fraction of sp³-hybridized carbons (Fsp3) is 0. The molecule has 0 aliphatic carbocycles. The molecule has 0 atom stereocenters. The largest absolute Gasteiger partial charge is 0.366 e. The highest BCUT2D eigenvalue weighted by Gasteiger charge is 2.11. The van der Waals surface area contributed by atoms with Gasteiger partial charge in [-0.15, -0.1) is 5.10 Å². The minimum atomic E-state index is 0.201. The van der Waals surface area contributed by atoms with Crippen LogP contribution in [0.1, 0.15) is 0 Å². The van der Waals surface area contributed by atoms with Gasteiger partial charge in [0.25, 0.3) is 0 Å². The predicted octanol–water partition coefficient (Wildman–Crippen LogP) is 2.47. The van der Waals surface area contributed by atoms with Gasteiger partial charge in [-0.1, -0.05) is 17.7 Å². The van der Waals surface area contributed by atoms with Crippen LogP contribution in [0.15, 0.2) is 22.7 Å². The summed E-state index contributed by atoms with van der Waals surface area (Å²) in [6.45, 7) is 0. The lowest BCUT2D eigenvalue weighted by Gasteiger charge is -2.01. The minimum Gasteiger partial charge on any atom is -0.366 e. The second-order valence-corrected chi connectivity index (χ2v) is 3.90. The van der Waals surface area contributed by atoms with Gasteiger partial charge in [0, 0.05) is 4.47 Å². The maximum Gasteiger partial charge on any atom is 0.239 e. The first-order valence-electron chi connectivity index (χ1n) is 3.81. The van der Waals surface area contributed by atoms with E-state index in [1.165, 1.54) is 0 Å². The Morgan fingerprint density at radius 2 is 2.21 bits per heavy atom. The third-order valence-corrected chi connectivity index (χ3v) is 2.68. The fourth-order valence-electron chi connectivity index (χ4n) is 1.11. The topological polar surface area (TPSA) is 67.6 Å². The van der Waals surface area contributed by atoms with Crippen LogP contribution < -0.4 is 5.73 Å². The number of aromatic nitrogens is 3. The SMILES string of the molecule is Nc1n[nH]c(-c2c(Cl)cccc2Br)n1. The molecular formula is C8H6BrClN4. The van der Waals surface area contributed by atoms with Gasteiger partial charge < -0.3 is 5.73 Å². The first-order valence-corrected chi connectivity index (χ1v) is 4.98. The van der Waals surface area contributed by atoms with Crippen molar-refractivity contribution >= 4 is 33.5 Å². The molecule has 0 saturated carbocycles. The molecule has 1 aromatic carbocycles. The number of nitrogen functional groups attached to an aromatic ring is 1. The molecule has 0 aliphatic heterocycles. The third kappa shape index (κ3) is 1.60. The molecular weight excluding hydrogens is 267 g/mol. The maximum atomic E-state index is 6.01. The summed E-state index contributed by atoms with van der Waals surface area (Å²) in [4.78, 5) is 4.00. The number of anilines is 1. The van der Waals surface area contributed by atoms with E-state index in [-0.39, 0.29) is 5.95 Å². The molecule has 3 N–H and O–H groups in total. The number of benzene rings is 1. The van der Waals surface area contributed by atoms with Crippen LogP contribution in [0.4, 0.5) is 5.95 Å². The van der Waals surface area contributed by atoms with Crippen LogP contribution in [0.25, 0.3) is 11.4 Å². The van der Waals surface area contributed by atoms with Crippen molar-refractivity contribution in [3.05, 3.63) is 27.7 Å². The molecule has 4 nitrogen and oxygen atoms in total. The number of nitrogens with one attached hydrogen (secondary N) is 1. The van der Waals surface area contributed by atoms with Gasteiger partial charge in [-0.2, -0.15) is 4.98 Å². The van der Waals surface area contributed by atoms with Crippen molar-refractivity contribution in [1.82, 2.24) is 15.2 Å². The maximum absolute atomic E-state index is 6.01. The number of nitrogens with two attached hydrogens (primary N) is 1. The first-order chi connectivity index (χ1) is 6.68. The summed E-state index contributed by atoms with van der Waals surface area (Å²) in [7, 11) is 0. The molecule has 0 bridgehead atoms. The van der Waals surface area contributed by atoms with Crippen molar-refractivity contribution in [3.63, 3.8) is 0 Å². The van der Waals surface area contributed by atoms with Gasteiger partial charge in [0.1, 0.15) is 0 Å². The minimum absolute atomic E-state index is 0.201. The molecule has 0 unspecified atom stereocenters. The number of rotatable bonds is 1. The fourth-order valence-corrected chi connectivity index (χ4v) is 2.04. The van der Waals surface area contributed by atoms with Crippen LogP contribution in [-0.2, 0) is 0 Å². The van der Waals surface area contributed by atoms with E-state index in [1.807, 2.05) is 12.1 Å². The standard InChI is InChI=1S/C8H6BrClN4/c9-4-2-1-3-5(10)6(4)7-12-8(11)14-13-7/h1-3H,(H3,11,12,13,14). The quantitative estimate of drug-likeness (QED) is 0.839.